The fourth-order valence-electron chi connectivity index (χ4n) is 0.632. The fourth-order valence-corrected chi connectivity index (χ4v) is 1.65. The molecule has 0 saturated heterocycles. The molecule has 1 aromatic heterocycles. The molecule has 0 N–H and O–H groups in total. The Hall–Kier alpha value is -0.750. The maximum Gasteiger partial charge on any atom is 0.267 e. The summed E-state index contributed by atoms with van der Waals surface area (Å²) >= 11 is 0. The summed E-state index contributed by atoms with van der Waals surface area (Å²) in [6.45, 7) is 0. The highest BCUT2D eigenvalue weighted by molar-refractivity contribution is 8.13. The van der Waals surface area contributed by atoms with E-state index in [4.69, 9.17) is 10.7 Å². The molecular formula is C5H2ClF2NO2S. The van der Waals surface area contributed by atoms with Crippen LogP contribution in [0.15, 0.2) is 17.3 Å². The average molecular weight is 214 g/mol. The highest BCUT2D eigenvalue weighted by atomic mass is 35.7. The first kappa shape index (κ1) is 9.34. The van der Waals surface area contributed by atoms with Gasteiger partial charge in [-0.2, -0.15) is 0 Å². The van der Waals surface area contributed by atoms with E-state index in [1.807, 2.05) is 0 Å². The van der Waals surface area contributed by atoms with Crippen molar-refractivity contribution in [3.05, 3.63) is 24.0 Å². The molecule has 0 amide bonds. The third-order valence-electron chi connectivity index (χ3n) is 1.05. The second-order valence-electron chi connectivity index (χ2n) is 1.87. The molecular weight excluding hydrogens is 212 g/mol. The minimum atomic E-state index is -4.38. The van der Waals surface area contributed by atoms with Crippen LogP contribution in [0.4, 0.5) is 8.78 Å². The highest BCUT2D eigenvalue weighted by Crippen LogP contribution is 2.20. The van der Waals surface area contributed by atoms with Crippen molar-refractivity contribution >= 4 is 19.7 Å². The normalized spacial score (nSPS) is 11.6. The molecule has 66 valence electrons. The summed E-state index contributed by atoms with van der Waals surface area (Å²) in [5.74, 6) is -2.60. The lowest BCUT2D eigenvalue weighted by molar-refractivity contribution is 0.515. The van der Waals surface area contributed by atoms with E-state index in [0.717, 1.165) is 0 Å². The first-order chi connectivity index (χ1) is 5.43. The van der Waals surface area contributed by atoms with Crippen LogP contribution < -0.4 is 0 Å². The number of rotatable bonds is 1. The SMILES string of the molecule is O=S(=O)(Cl)c1c(F)cncc1F. The Bertz CT molecular complexity index is 386. The van der Waals surface area contributed by atoms with Gasteiger partial charge in [0.25, 0.3) is 9.05 Å². The van der Waals surface area contributed by atoms with Gasteiger partial charge in [0, 0.05) is 10.7 Å². The van der Waals surface area contributed by atoms with Crippen molar-refractivity contribution in [1.82, 2.24) is 4.98 Å². The smallest absolute Gasteiger partial charge is 0.259 e. The summed E-state index contributed by atoms with van der Waals surface area (Å²) < 4.78 is 46.2. The first-order valence-electron chi connectivity index (χ1n) is 2.66. The Kier molecular flexibility index (Phi) is 2.29. The zero-order chi connectivity index (χ0) is 9.35. The van der Waals surface area contributed by atoms with Crippen molar-refractivity contribution in [1.29, 1.82) is 0 Å². The van der Waals surface area contributed by atoms with Gasteiger partial charge in [0.1, 0.15) is 0 Å². The van der Waals surface area contributed by atoms with Crippen LogP contribution in [0.1, 0.15) is 0 Å². The van der Waals surface area contributed by atoms with Gasteiger partial charge in [-0.15, -0.1) is 0 Å². The van der Waals surface area contributed by atoms with E-state index < -0.39 is 25.6 Å². The van der Waals surface area contributed by atoms with Crippen molar-refractivity contribution in [2.75, 3.05) is 0 Å². The van der Waals surface area contributed by atoms with Gasteiger partial charge < -0.3 is 0 Å². The van der Waals surface area contributed by atoms with E-state index in [2.05, 4.69) is 4.98 Å². The third-order valence-corrected chi connectivity index (χ3v) is 2.39. The average Bonchev–Trinajstić information content (AvgIpc) is 1.82. The Morgan fingerprint density at radius 3 is 1.92 bits per heavy atom. The number of hydrogen-bond acceptors (Lipinski definition) is 3. The monoisotopic (exact) mass is 213 g/mol. The van der Waals surface area contributed by atoms with Gasteiger partial charge >= 0.3 is 0 Å². The fraction of sp³-hybridized carbons (Fsp3) is 0. The van der Waals surface area contributed by atoms with Crippen molar-refractivity contribution < 1.29 is 17.2 Å². The largest absolute Gasteiger partial charge is 0.267 e. The summed E-state index contributed by atoms with van der Waals surface area (Å²) in [5.41, 5.74) is 0. The lowest BCUT2D eigenvalue weighted by atomic mass is 10.5. The van der Waals surface area contributed by atoms with Gasteiger partial charge in [-0.3, -0.25) is 4.98 Å². The van der Waals surface area contributed by atoms with Crippen molar-refractivity contribution in [2.24, 2.45) is 0 Å². The van der Waals surface area contributed by atoms with E-state index >= 15 is 0 Å². The topological polar surface area (TPSA) is 47.0 Å². The van der Waals surface area contributed by atoms with E-state index in [0.29, 0.717) is 12.4 Å². The molecule has 0 radical (unpaired) electrons. The number of aromatic nitrogens is 1. The summed E-state index contributed by atoms with van der Waals surface area (Å²) in [4.78, 5) is 1.92. The number of nitrogens with zero attached hydrogens (tertiary/aromatic N) is 1. The Morgan fingerprint density at radius 1 is 1.25 bits per heavy atom. The van der Waals surface area contributed by atoms with E-state index in [9.17, 15) is 17.2 Å². The van der Waals surface area contributed by atoms with Crippen LogP contribution in [-0.4, -0.2) is 13.4 Å². The first-order valence-corrected chi connectivity index (χ1v) is 4.97. The zero-order valence-corrected chi connectivity index (χ0v) is 7.03. The van der Waals surface area contributed by atoms with Crippen LogP contribution in [0, 0.1) is 11.6 Å². The maximum absolute atomic E-state index is 12.6. The van der Waals surface area contributed by atoms with E-state index in [-0.39, 0.29) is 0 Å². The predicted octanol–water partition coefficient (Wildman–Crippen LogP) is 1.29. The molecule has 0 saturated carbocycles. The van der Waals surface area contributed by atoms with Gasteiger partial charge in [-0.25, -0.2) is 17.2 Å². The van der Waals surface area contributed by atoms with Gasteiger partial charge in [0.15, 0.2) is 16.5 Å². The molecule has 0 aliphatic carbocycles. The number of pyridine rings is 1. The second kappa shape index (κ2) is 2.95. The zero-order valence-electron chi connectivity index (χ0n) is 5.46. The molecule has 3 nitrogen and oxygen atoms in total. The maximum atomic E-state index is 12.6. The summed E-state index contributed by atoms with van der Waals surface area (Å²) in [7, 11) is 0.352. The van der Waals surface area contributed by atoms with Crippen molar-refractivity contribution in [3.8, 4) is 0 Å². The minimum absolute atomic E-state index is 0.568. The minimum Gasteiger partial charge on any atom is -0.259 e. The van der Waals surface area contributed by atoms with Gasteiger partial charge in [0.05, 0.1) is 12.4 Å². The highest BCUT2D eigenvalue weighted by Gasteiger charge is 2.21. The Balaban J connectivity index is 3.53. The molecule has 0 fully saturated rings. The molecule has 0 atom stereocenters. The van der Waals surface area contributed by atoms with Crippen LogP contribution >= 0.6 is 10.7 Å². The molecule has 12 heavy (non-hydrogen) atoms. The molecule has 0 aliphatic heterocycles. The van der Waals surface area contributed by atoms with Gasteiger partial charge in [-0.05, 0) is 0 Å². The summed E-state index contributed by atoms with van der Waals surface area (Å²) in [5, 5.41) is 0. The van der Waals surface area contributed by atoms with E-state index in [1.54, 1.807) is 0 Å². The molecule has 0 unspecified atom stereocenters. The van der Waals surface area contributed by atoms with Crippen LogP contribution in [0.3, 0.4) is 0 Å². The van der Waals surface area contributed by atoms with Crippen LogP contribution in [0.2, 0.25) is 0 Å². The Morgan fingerprint density at radius 2 is 1.67 bits per heavy atom. The molecule has 1 aromatic rings. The van der Waals surface area contributed by atoms with Crippen molar-refractivity contribution in [2.45, 2.75) is 4.90 Å². The molecule has 7 heteroatoms. The summed E-state index contributed by atoms with van der Waals surface area (Å²) in [6, 6.07) is 0. The van der Waals surface area contributed by atoms with Gasteiger partial charge in [0.2, 0.25) is 0 Å². The lowest BCUT2D eigenvalue weighted by Gasteiger charge is -1.97. The molecule has 1 rings (SSSR count). The second-order valence-corrected chi connectivity index (χ2v) is 4.37. The molecule has 0 aromatic carbocycles. The number of halogens is 3. The van der Waals surface area contributed by atoms with Crippen molar-refractivity contribution in [3.63, 3.8) is 0 Å². The third kappa shape index (κ3) is 1.70. The standard InChI is InChI=1S/C5H2ClF2NO2S/c6-12(10,11)5-3(7)1-9-2-4(5)8/h1-2H. The van der Waals surface area contributed by atoms with Crippen LogP contribution in [-0.2, 0) is 9.05 Å². The molecule has 1 heterocycles. The Labute approximate surface area is 71.4 Å². The molecule has 0 spiro atoms. The molecule has 0 bridgehead atoms. The number of hydrogen-bond donors (Lipinski definition) is 0. The quantitative estimate of drug-likeness (QED) is 0.661. The molecule has 0 aliphatic rings. The lowest BCUT2D eigenvalue weighted by Crippen LogP contribution is -2.00. The van der Waals surface area contributed by atoms with Crippen LogP contribution in [0.25, 0.3) is 0 Å². The predicted molar refractivity (Wildman–Crippen MR) is 37.2 cm³/mol. The van der Waals surface area contributed by atoms with Crippen LogP contribution in [0.5, 0.6) is 0 Å². The van der Waals surface area contributed by atoms with E-state index in [1.165, 1.54) is 0 Å². The van der Waals surface area contributed by atoms with Gasteiger partial charge in [-0.1, -0.05) is 0 Å². The summed E-state index contributed by atoms with van der Waals surface area (Å²) in [6.07, 6.45) is 1.14.